The van der Waals surface area contributed by atoms with Crippen molar-refractivity contribution >= 4 is 21.9 Å². The van der Waals surface area contributed by atoms with Crippen LogP contribution in [0, 0.1) is 11.8 Å². The van der Waals surface area contributed by atoms with Gasteiger partial charge in [-0.05, 0) is 37.5 Å². The van der Waals surface area contributed by atoms with Gasteiger partial charge in [-0.15, -0.1) is 0 Å². The van der Waals surface area contributed by atoms with Gasteiger partial charge in [0.1, 0.15) is 0 Å². The van der Waals surface area contributed by atoms with Crippen LogP contribution in [0.3, 0.4) is 0 Å². The Morgan fingerprint density at radius 1 is 0.458 bits per heavy atom. The summed E-state index contributed by atoms with van der Waals surface area (Å²) in [6, 6.07) is 0. The minimum atomic E-state index is 0.00690. The van der Waals surface area contributed by atoms with E-state index in [4.69, 9.17) is 4.74 Å². The van der Waals surface area contributed by atoms with Crippen LogP contribution in [0.2, 0.25) is 0 Å². The number of carbonyl (C=O) groups excluding carboxylic acids is 1. The van der Waals surface area contributed by atoms with Gasteiger partial charge in [-0.3, -0.25) is 4.79 Å². The highest BCUT2D eigenvalue weighted by atomic mass is 79.9. The zero-order chi connectivity index (χ0) is 35.6. The second kappa shape index (κ2) is 44.9. The molecule has 0 unspecified atom stereocenters. The predicted molar refractivity (Wildman–Crippen MR) is 218 cm³/mol. The standard InChI is InChI=1S/C25H49BrO2.C19H40O/c1-3-5-7-9-11-14-18-24(19-15-12-10-8-6-4-2)21-23-28-25(27)20-16-13-17-22-26;1-3-5-7-9-11-13-15-19(17-18-20)16-14-12-10-8-6-4-2/h24H,3-23H2,1-2H3;19-20H,3-18H2,1-2H3. The third-order valence-electron chi connectivity index (χ3n) is 10.2. The Morgan fingerprint density at radius 2 is 0.792 bits per heavy atom. The molecule has 0 atom stereocenters. The maximum Gasteiger partial charge on any atom is 0.305 e. The number of aliphatic hydroxyl groups excluding tert-OH is 1. The van der Waals surface area contributed by atoms with Gasteiger partial charge >= 0.3 is 5.97 Å². The van der Waals surface area contributed by atoms with Crippen LogP contribution in [-0.4, -0.2) is 29.6 Å². The van der Waals surface area contributed by atoms with Gasteiger partial charge in [-0.1, -0.05) is 230 Å². The van der Waals surface area contributed by atoms with Crippen molar-refractivity contribution in [2.45, 2.75) is 246 Å². The van der Waals surface area contributed by atoms with Gasteiger partial charge in [-0.2, -0.15) is 0 Å². The Balaban J connectivity index is 0. The molecule has 3 nitrogen and oxygen atoms in total. The monoisotopic (exact) mass is 745 g/mol. The highest BCUT2D eigenvalue weighted by molar-refractivity contribution is 9.09. The molecule has 290 valence electrons. The van der Waals surface area contributed by atoms with E-state index in [2.05, 4.69) is 43.6 Å². The number of alkyl halides is 1. The van der Waals surface area contributed by atoms with Crippen LogP contribution in [0.4, 0.5) is 0 Å². The smallest absolute Gasteiger partial charge is 0.305 e. The molecular formula is C44H89BrO3. The lowest BCUT2D eigenvalue weighted by Gasteiger charge is -2.17. The highest BCUT2D eigenvalue weighted by Gasteiger charge is 2.11. The lowest BCUT2D eigenvalue weighted by molar-refractivity contribution is -0.144. The summed E-state index contributed by atoms with van der Waals surface area (Å²) >= 11 is 3.43. The summed E-state index contributed by atoms with van der Waals surface area (Å²) in [4.78, 5) is 11.9. The van der Waals surface area contributed by atoms with E-state index < -0.39 is 0 Å². The summed E-state index contributed by atoms with van der Waals surface area (Å²) in [5, 5.41) is 10.2. The summed E-state index contributed by atoms with van der Waals surface area (Å²) < 4.78 is 5.52. The Kier molecular flexibility index (Phi) is 46.8. The average molecular weight is 746 g/mol. The second-order valence-electron chi connectivity index (χ2n) is 15.0. The second-order valence-corrected chi connectivity index (χ2v) is 15.8. The molecule has 0 amide bonds. The molecule has 48 heavy (non-hydrogen) atoms. The minimum absolute atomic E-state index is 0.00690. The van der Waals surface area contributed by atoms with Crippen molar-refractivity contribution in [3.05, 3.63) is 0 Å². The van der Waals surface area contributed by atoms with Gasteiger partial charge in [-0.25, -0.2) is 0 Å². The van der Waals surface area contributed by atoms with Crippen molar-refractivity contribution in [2.24, 2.45) is 11.8 Å². The molecule has 0 rings (SSSR count). The summed E-state index contributed by atoms with van der Waals surface area (Å²) in [6.45, 7) is 10.1. The van der Waals surface area contributed by atoms with Gasteiger partial charge < -0.3 is 9.84 Å². The predicted octanol–water partition coefficient (Wildman–Crippen LogP) is 15.5. The number of esters is 1. The molecule has 0 heterocycles. The number of rotatable bonds is 38. The molecule has 0 aromatic carbocycles. The number of unbranched alkanes of at least 4 members (excludes halogenated alkanes) is 22. The average Bonchev–Trinajstić information content (AvgIpc) is 3.09. The number of hydrogen-bond acceptors (Lipinski definition) is 3. The molecule has 0 aromatic rings. The molecule has 0 saturated carbocycles. The molecule has 0 spiro atoms. The Bertz CT molecular complexity index is 551. The van der Waals surface area contributed by atoms with Crippen molar-refractivity contribution in [1.82, 2.24) is 0 Å². The van der Waals surface area contributed by atoms with Crippen LogP contribution in [-0.2, 0) is 9.53 Å². The Labute approximate surface area is 311 Å². The number of halogens is 1. The third-order valence-corrected chi connectivity index (χ3v) is 10.8. The lowest BCUT2D eigenvalue weighted by atomic mass is 9.91. The van der Waals surface area contributed by atoms with E-state index >= 15 is 0 Å². The van der Waals surface area contributed by atoms with Crippen molar-refractivity contribution in [1.29, 1.82) is 0 Å². The topological polar surface area (TPSA) is 46.5 Å². The summed E-state index contributed by atoms with van der Waals surface area (Å²) in [7, 11) is 0. The zero-order valence-corrected chi connectivity index (χ0v) is 35.0. The van der Waals surface area contributed by atoms with Gasteiger partial charge in [0.15, 0.2) is 0 Å². The first-order valence-corrected chi connectivity index (χ1v) is 23.0. The van der Waals surface area contributed by atoms with Gasteiger partial charge in [0.05, 0.1) is 6.61 Å². The van der Waals surface area contributed by atoms with Crippen LogP contribution >= 0.6 is 15.9 Å². The fourth-order valence-corrected chi connectivity index (χ4v) is 7.25. The minimum Gasteiger partial charge on any atom is -0.466 e. The van der Waals surface area contributed by atoms with Gasteiger partial charge in [0, 0.05) is 18.4 Å². The molecule has 0 radical (unpaired) electrons. The van der Waals surface area contributed by atoms with E-state index in [9.17, 15) is 9.90 Å². The fourth-order valence-electron chi connectivity index (χ4n) is 6.85. The molecule has 0 bridgehead atoms. The molecule has 0 aliphatic carbocycles. The normalized spacial score (nSPS) is 11.3. The van der Waals surface area contributed by atoms with Crippen LogP contribution in [0.1, 0.15) is 246 Å². The van der Waals surface area contributed by atoms with E-state index in [1.165, 1.54) is 180 Å². The maximum atomic E-state index is 11.9. The molecule has 1 N–H and O–H groups in total. The largest absolute Gasteiger partial charge is 0.466 e. The van der Waals surface area contributed by atoms with E-state index in [0.29, 0.717) is 19.6 Å². The zero-order valence-electron chi connectivity index (χ0n) is 33.5. The number of hydrogen-bond donors (Lipinski definition) is 1. The van der Waals surface area contributed by atoms with Crippen LogP contribution < -0.4 is 0 Å². The van der Waals surface area contributed by atoms with Gasteiger partial charge in [0.2, 0.25) is 0 Å². The van der Waals surface area contributed by atoms with Crippen molar-refractivity contribution in [3.63, 3.8) is 0 Å². The SMILES string of the molecule is CCCCCCCCC(CCCCCCCC)CCOC(=O)CCCCCBr.CCCCCCCCC(CCO)CCCCCCCC. The first-order valence-electron chi connectivity index (χ1n) is 21.9. The van der Waals surface area contributed by atoms with E-state index in [0.717, 1.165) is 49.3 Å². The molecule has 0 fully saturated rings. The molecule has 0 saturated heterocycles. The fraction of sp³-hybridized carbons (Fsp3) is 0.977. The molecule has 0 aliphatic heterocycles. The first-order chi connectivity index (χ1) is 23.6. The Hall–Kier alpha value is -0.0900. The maximum absolute atomic E-state index is 11.9. The first kappa shape index (κ1) is 50.0. The van der Waals surface area contributed by atoms with Crippen LogP contribution in [0.25, 0.3) is 0 Å². The molecule has 4 heteroatoms. The quantitative estimate of drug-likeness (QED) is 0.0389. The molecule has 0 aliphatic rings. The summed E-state index contributed by atoms with van der Waals surface area (Å²) in [6.07, 6.45) is 44.4. The molecule has 0 aromatic heterocycles. The lowest BCUT2D eigenvalue weighted by Crippen LogP contribution is -2.10. The van der Waals surface area contributed by atoms with Gasteiger partial charge in [0.25, 0.3) is 0 Å². The third kappa shape index (κ3) is 42.1. The van der Waals surface area contributed by atoms with Crippen molar-refractivity contribution in [2.75, 3.05) is 18.5 Å². The van der Waals surface area contributed by atoms with E-state index in [1.54, 1.807) is 0 Å². The van der Waals surface area contributed by atoms with Crippen molar-refractivity contribution < 1.29 is 14.6 Å². The van der Waals surface area contributed by atoms with Crippen LogP contribution in [0.5, 0.6) is 0 Å². The van der Waals surface area contributed by atoms with Crippen molar-refractivity contribution in [3.8, 4) is 0 Å². The Morgan fingerprint density at radius 3 is 1.15 bits per heavy atom. The van der Waals surface area contributed by atoms with Crippen LogP contribution in [0.15, 0.2) is 0 Å². The number of ether oxygens (including phenoxy) is 1. The summed E-state index contributed by atoms with van der Waals surface area (Å²) in [5.74, 6) is 1.54. The number of aliphatic hydroxyl groups is 1. The van der Waals surface area contributed by atoms with E-state index in [-0.39, 0.29) is 5.97 Å². The number of carbonyl (C=O) groups is 1. The highest BCUT2D eigenvalue weighted by Crippen LogP contribution is 2.23. The molecular weight excluding hydrogens is 656 g/mol. The van der Waals surface area contributed by atoms with E-state index in [1.807, 2.05) is 0 Å². The summed E-state index contributed by atoms with van der Waals surface area (Å²) in [5.41, 5.74) is 0.